The Balaban J connectivity index is 2.09. The number of rotatable bonds is 5. The molecule has 19 heavy (non-hydrogen) atoms. The van der Waals surface area contributed by atoms with Gasteiger partial charge in [-0.1, -0.05) is 25.5 Å². The Morgan fingerprint density at radius 2 is 2.00 bits per heavy atom. The van der Waals surface area contributed by atoms with Crippen molar-refractivity contribution in [3.05, 3.63) is 41.3 Å². The molecule has 0 amide bonds. The van der Waals surface area contributed by atoms with Crippen molar-refractivity contribution in [3.63, 3.8) is 0 Å². The molecule has 0 aliphatic rings. The van der Waals surface area contributed by atoms with Gasteiger partial charge in [0.05, 0.1) is 11.4 Å². The maximum Gasteiger partial charge on any atom is 0.148 e. The summed E-state index contributed by atoms with van der Waals surface area (Å²) in [4.78, 5) is 0. The molecule has 0 spiro atoms. The number of anilines is 2. The average molecular weight is 262 g/mol. The molecule has 0 aliphatic carbocycles. The van der Waals surface area contributed by atoms with Crippen LogP contribution in [0.2, 0.25) is 0 Å². The number of benzene rings is 1. The maximum atomic E-state index is 12.8. The third kappa shape index (κ3) is 3.05. The molecular formula is C14H19FN4. The molecule has 5 heteroatoms. The van der Waals surface area contributed by atoms with E-state index in [2.05, 4.69) is 17.3 Å². The van der Waals surface area contributed by atoms with Gasteiger partial charge >= 0.3 is 0 Å². The molecule has 102 valence electrons. The van der Waals surface area contributed by atoms with E-state index in [1.165, 1.54) is 12.1 Å². The minimum absolute atomic E-state index is 0.228. The van der Waals surface area contributed by atoms with Gasteiger partial charge in [-0.25, -0.2) is 4.39 Å². The molecule has 0 radical (unpaired) electrons. The predicted molar refractivity (Wildman–Crippen MR) is 75.3 cm³/mol. The molecule has 2 aromatic rings. The first-order chi connectivity index (χ1) is 9.11. The molecule has 1 heterocycles. The lowest BCUT2D eigenvalue weighted by molar-refractivity contribution is 0.627. The highest BCUT2D eigenvalue weighted by molar-refractivity contribution is 5.65. The third-order valence-electron chi connectivity index (χ3n) is 3.02. The van der Waals surface area contributed by atoms with Crippen LogP contribution in [0.15, 0.2) is 24.3 Å². The molecule has 3 N–H and O–H groups in total. The van der Waals surface area contributed by atoms with Gasteiger partial charge in [0.15, 0.2) is 0 Å². The van der Waals surface area contributed by atoms with Gasteiger partial charge in [-0.05, 0) is 24.1 Å². The van der Waals surface area contributed by atoms with E-state index in [1.807, 2.05) is 7.05 Å². The number of nitrogen functional groups attached to an aromatic ring is 1. The lowest BCUT2D eigenvalue weighted by atomic mass is 10.2. The van der Waals surface area contributed by atoms with Gasteiger partial charge in [0.25, 0.3) is 0 Å². The predicted octanol–water partition coefficient (Wildman–Crippen LogP) is 2.71. The number of aryl methyl sites for hydroxylation is 2. The van der Waals surface area contributed by atoms with Gasteiger partial charge in [0.1, 0.15) is 11.6 Å². The summed E-state index contributed by atoms with van der Waals surface area (Å²) in [7, 11) is 1.86. The Morgan fingerprint density at radius 1 is 1.32 bits per heavy atom. The largest absolute Gasteiger partial charge is 0.394 e. The fraction of sp³-hybridized carbons (Fsp3) is 0.357. The van der Waals surface area contributed by atoms with E-state index >= 15 is 0 Å². The summed E-state index contributed by atoms with van der Waals surface area (Å²) in [5, 5.41) is 7.64. The molecule has 1 aromatic carbocycles. The lowest BCUT2D eigenvalue weighted by Crippen LogP contribution is -2.06. The van der Waals surface area contributed by atoms with Crippen molar-refractivity contribution in [2.45, 2.75) is 26.3 Å². The van der Waals surface area contributed by atoms with Gasteiger partial charge in [-0.3, -0.25) is 4.68 Å². The third-order valence-corrected chi connectivity index (χ3v) is 3.02. The quantitative estimate of drug-likeness (QED) is 0.871. The van der Waals surface area contributed by atoms with E-state index in [-0.39, 0.29) is 5.82 Å². The average Bonchev–Trinajstić information content (AvgIpc) is 2.65. The monoisotopic (exact) mass is 262 g/mol. The van der Waals surface area contributed by atoms with Crippen molar-refractivity contribution in [1.29, 1.82) is 0 Å². The Morgan fingerprint density at radius 3 is 2.63 bits per heavy atom. The van der Waals surface area contributed by atoms with Crippen LogP contribution < -0.4 is 11.1 Å². The summed E-state index contributed by atoms with van der Waals surface area (Å²) in [6.45, 7) is 2.69. The number of aromatic nitrogens is 2. The fourth-order valence-corrected chi connectivity index (χ4v) is 2.02. The second-order valence-electron chi connectivity index (χ2n) is 4.56. The first-order valence-electron chi connectivity index (χ1n) is 6.41. The Bertz CT molecular complexity index is 545. The van der Waals surface area contributed by atoms with Gasteiger partial charge < -0.3 is 11.1 Å². The van der Waals surface area contributed by atoms with Crippen molar-refractivity contribution in [3.8, 4) is 0 Å². The van der Waals surface area contributed by atoms with Crippen molar-refractivity contribution < 1.29 is 4.39 Å². The van der Waals surface area contributed by atoms with Crippen LogP contribution in [0.3, 0.4) is 0 Å². The maximum absolute atomic E-state index is 12.8. The zero-order valence-corrected chi connectivity index (χ0v) is 11.3. The summed E-state index contributed by atoms with van der Waals surface area (Å²) in [5.41, 5.74) is 8.69. The van der Waals surface area contributed by atoms with E-state index in [0.29, 0.717) is 12.2 Å². The highest BCUT2D eigenvalue weighted by Crippen LogP contribution is 2.23. The zero-order chi connectivity index (χ0) is 13.8. The van der Waals surface area contributed by atoms with Crippen molar-refractivity contribution in [2.24, 2.45) is 7.05 Å². The van der Waals surface area contributed by atoms with Crippen molar-refractivity contribution >= 4 is 11.5 Å². The van der Waals surface area contributed by atoms with Crippen LogP contribution in [-0.2, 0) is 20.0 Å². The van der Waals surface area contributed by atoms with Gasteiger partial charge in [0, 0.05) is 13.6 Å². The van der Waals surface area contributed by atoms with Crippen LogP contribution in [0.25, 0.3) is 0 Å². The van der Waals surface area contributed by atoms with Crippen LogP contribution in [0.1, 0.15) is 24.6 Å². The molecule has 0 unspecified atom stereocenters. The molecule has 0 fully saturated rings. The number of hydrogen-bond acceptors (Lipinski definition) is 3. The van der Waals surface area contributed by atoms with Crippen LogP contribution in [-0.4, -0.2) is 9.78 Å². The Labute approximate surface area is 112 Å². The standard InChI is InChI=1S/C14H19FN4/c1-3-4-12-13(16)14(19(2)18-12)17-9-10-5-7-11(15)8-6-10/h5-8,17H,3-4,9,16H2,1-2H3. The number of nitrogens with one attached hydrogen (secondary N) is 1. The number of halogens is 1. The normalized spacial score (nSPS) is 10.7. The number of nitrogens with two attached hydrogens (primary N) is 1. The molecule has 0 aliphatic heterocycles. The zero-order valence-electron chi connectivity index (χ0n) is 11.3. The van der Waals surface area contributed by atoms with E-state index in [9.17, 15) is 4.39 Å². The summed E-state index contributed by atoms with van der Waals surface area (Å²) >= 11 is 0. The lowest BCUT2D eigenvalue weighted by Gasteiger charge is -2.07. The molecule has 2 rings (SSSR count). The first-order valence-corrected chi connectivity index (χ1v) is 6.41. The summed E-state index contributed by atoms with van der Waals surface area (Å²) < 4.78 is 14.6. The van der Waals surface area contributed by atoms with Gasteiger partial charge in [-0.15, -0.1) is 0 Å². The first kappa shape index (κ1) is 13.4. The minimum Gasteiger partial charge on any atom is -0.394 e. The highest BCUT2D eigenvalue weighted by Gasteiger charge is 2.11. The fourth-order valence-electron chi connectivity index (χ4n) is 2.02. The molecule has 4 nitrogen and oxygen atoms in total. The van der Waals surface area contributed by atoms with Gasteiger partial charge in [-0.2, -0.15) is 5.10 Å². The van der Waals surface area contributed by atoms with Crippen LogP contribution in [0.4, 0.5) is 15.9 Å². The second kappa shape index (κ2) is 5.73. The Hall–Kier alpha value is -2.04. The molecule has 1 aromatic heterocycles. The molecule has 0 bridgehead atoms. The molecule has 0 atom stereocenters. The second-order valence-corrected chi connectivity index (χ2v) is 4.56. The summed E-state index contributed by atoms with van der Waals surface area (Å²) in [6, 6.07) is 6.40. The van der Waals surface area contributed by atoms with Crippen LogP contribution in [0.5, 0.6) is 0 Å². The van der Waals surface area contributed by atoms with Crippen LogP contribution >= 0.6 is 0 Å². The van der Waals surface area contributed by atoms with Gasteiger partial charge in [0.2, 0.25) is 0 Å². The number of hydrogen-bond donors (Lipinski definition) is 2. The smallest absolute Gasteiger partial charge is 0.148 e. The van der Waals surface area contributed by atoms with E-state index in [1.54, 1.807) is 16.8 Å². The summed E-state index contributed by atoms with van der Waals surface area (Å²) in [6.07, 6.45) is 1.89. The highest BCUT2D eigenvalue weighted by atomic mass is 19.1. The molecule has 0 saturated carbocycles. The number of nitrogens with zero attached hydrogens (tertiary/aromatic N) is 2. The van der Waals surface area contributed by atoms with E-state index in [0.717, 1.165) is 29.9 Å². The van der Waals surface area contributed by atoms with E-state index in [4.69, 9.17) is 5.73 Å². The molecular weight excluding hydrogens is 243 g/mol. The SMILES string of the molecule is CCCc1nn(C)c(NCc2ccc(F)cc2)c1N. The molecule has 0 saturated heterocycles. The minimum atomic E-state index is -0.228. The summed E-state index contributed by atoms with van der Waals surface area (Å²) in [5.74, 6) is 0.585. The van der Waals surface area contributed by atoms with Crippen LogP contribution in [0, 0.1) is 5.82 Å². The van der Waals surface area contributed by atoms with Crippen molar-refractivity contribution in [2.75, 3.05) is 11.1 Å². The Kier molecular flexibility index (Phi) is 4.04. The van der Waals surface area contributed by atoms with Crippen molar-refractivity contribution in [1.82, 2.24) is 9.78 Å². The van der Waals surface area contributed by atoms with E-state index < -0.39 is 0 Å². The topological polar surface area (TPSA) is 55.9 Å².